The van der Waals surface area contributed by atoms with Gasteiger partial charge in [-0.15, -0.1) is 0 Å². The molecule has 0 fully saturated rings. The van der Waals surface area contributed by atoms with Crippen molar-refractivity contribution in [3.63, 3.8) is 0 Å². The monoisotopic (exact) mass is 255 g/mol. The van der Waals surface area contributed by atoms with Crippen molar-refractivity contribution in [2.45, 2.75) is 12.8 Å². The Kier molecular flexibility index (Phi) is 4.13. The maximum absolute atomic E-state index is 11.9. The maximum Gasteiger partial charge on any atom is 0.269 e. The van der Waals surface area contributed by atoms with E-state index in [1.54, 1.807) is 12.1 Å². The van der Waals surface area contributed by atoms with Crippen molar-refractivity contribution in [2.24, 2.45) is 0 Å². The number of aromatic nitrogens is 1. The summed E-state index contributed by atoms with van der Waals surface area (Å²) in [6.45, 7) is 2.64. The van der Waals surface area contributed by atoms with Gasteiger partial charge in [-0.2, -0.15) is 0 Å². The molecule has 19 heavy (non-hydrogen) atoms. The first-order chi connectivity index (χ1) is 9.16. The van der Waals surface area contributed by atoms with Crippen LogP contribution in [0.4, 0.5) is 5.69 Å². The molecular weight excluding hydrogens is 238 g/mol. The number of carbonyl (C=O) groups is 1. The maximum atomic E-state index is 11.9. The van der Waals surface area contributed by atoms with Crippen molar-refractivity contribution < 1.29 is 4.79 Å². The Morgan fingerprint density at radius 2 is 2.05 bits per heavy atom. The molecule has 0 spiro atoms. The average Bonchev–Trinajstić information content (AvgIpc) is 2.45. The highest BCUT2D eigenvalue weighted by Gasteiger charge is 2.10. The number of hydrogen-bond donors (Lipinski definition) is 2. The van der Waals surface area contributed by atoms with Crippen molar-refractivity contribution in [3.8, 4) is 0 Å². The van der Waals surface area contributed by atoms with Crippen molar-refractivity contribution in [1.29, 1.82) is 0 Å². The summed E-state index contributed by atoms with van der Waals surface area (Å²) >= 11 is 0. The van der Waals surface area contributed by atoms with Crippen LogP contribution in [0.2, 0.25) is 0 Å². The zero-order chi connectivity index (χ0) is 13.7. The van der Waals surface area contributed by atoms with Crippen LogP contribution in [0.25, 0.3) is 0 Å². The summed E-state index contributed by atoms with van der Waals surface area (Å²) in [7, 11) is 0. The number of carbonyl (C=O) groups excluding carboxylic acids is 1. The molecule has 1 heterocycles. The number of amides is 1. The molecule has 2 rings (SSSR count). The average molecular weight is 255 g/mol. The third-order valence-electron chi connectivity index (χ3n) is 2.95. The van der Waals surface area contributed by atoms with Gasteiger partial charge < -0.3 is 11.1 Å². The summed E-state index contributed by atoms with van der Waals surface area (Å²) in [5, 5.41) is 2.87. The molecule has 1 aromatic heterocycles. The molecule has 0 aliphatic heterocycles. The fourth-order valence-corrected chi connectivity index (χ4v) is 1.81. The van der Waals surface area contributed by atoms with Gasteiger partial charge in [-0.05, 0) is 23.6 Å². The van der Waals surface area contributed by atoms with E-state index in [4.69, 9.17) is 5.73 Å². The largest absolute Gasteiger partial charge is 0.399 e. The third kappa shape index (κ3) is 3.55. The number of rotatable bonds is 4. The zero-order valence-electron chi connectivity index (χ0n) is 10.8. The molecule has 98 valence electrons. The Labute approximate surface area is 112 Å². The van der Waals surface area contributed by atoms with Crippen LogP contribution >= 0.6 is 0 Å². The summed E-state index contributed by atoms with van der Waals surface area (Å²) in [5.41, 5.74) is 7.71. The van der Waals surface area contributed by atoms with E-state index in [1.165, 1.54) is 11.8 Å². The Hall–Kier alpha value is -2.36. The molecule has 3 N–H and O–H groups in total. The molecule has 0 saturated carbocycles. The third-order valence-corrected chi connectivity index (χ3v) is 2.95. The lowest BCUT2D eigenvalue weighted by Gasteiger charge is -2.12. The highest BCUT2D eigenvalue weighted by Crippen LogP contribution is 2.13. The van der Waals surface area contributed by atoms with Gasteiger partial charge in [0.25, 0.3) is 5.91 Å². The Morgan fingerprint density at radius 1 is 1.32 bits per heavy atom. The van der Waals surface area contributed by atoms with Crippen LogP contribution in [-0.4, -0.2) is 17.4 Å². The van der Waals surface area contributed by atoms with Gasteiger partial charge in [0, 0.05) is 18.4 Å². The summed E-state index contributed by atoms with van der Waals surface area (Å²) in [5.74, 6) is 0.0568. The van der Waals surface area contributed by atoms with Crippen molar-refractivity contribution >= 4 is 11.6 Å². The molecule has 2 aromatic rings. The van der Waals surface area contributed by atoms with Gasteiger partial charge in [-0.1, -0.05) is 37.3 Å². The highest BCUT2D eigenvalue weighted by molar-refractivity contribution is 5.92. The summed E-state index contributed by atoms with van der Waals surface area (Å²) < 4.78 is 0. The van der Waals surface area contributed by atoms with E-state index in [-0.39, 0.29) is 11.8 Å². The van der Waals surface area contributed by atoms with E-state index in [2.05, 4.69) is 29.4 Å². The van der Waals surface area contributed by atoms with E-state index >= 15 is 0 Å². The minimum Gasteiger partial charge on any atom is -0.399 e. The smallest absolute Gasteiger partial charge is 0.269 e. The van der Waals surface area contributed by atoms with E-state index in [0.717, 1.165) is 0 Å². The Bertz CT molecular complexity index is 554. The molecule has 0 saturated heterocycles. The molecular formula is C15H17N3O. The lowest BCUT2D eigenvalue weighted by Crippen LogP contribution is -2.28. The normalized spacial score (nSPS) is 11.8. The van der Waals surface area contributed by atoms with Gasteiger partial charge in [0.15, 0.2) is 0 Å². The van der Waals surface area contributed by atoms with Crippen LogP contribution in [0.1, 0.15) is 28.9 Å². The second-order valence-electron chi connectivity index (χ2n) is 4.50. The Morgan fingerprint density at radius 3 is 2.74 bits per heavy atom. The second kappa shape index (κ2) is 6.00. The number of nitrogens with two attached hydrogens (primary N) is 1. The fraction of sp³-hybridized carbons (Fsp3) is 0.200. The molecule has 1 amide bonds. The molecule has 0 radical (unpaired) electrons. The SMILES string of the molecule is CC(CNC(=O)c1cc(N)ccn1)c1ccccc1. The van der Waals surface area contributed by atoms with Crippen molar-refractivity contribution in [3.05, 3.63) is 59.9 Å². The van der Waals surface area contributed by atoms with Crippen LogP contribution in [-0.2, 0) is 0 Å². The Balaban J connectivity index is 1.94. The molecule has 1 unspecified atom stereocenters. The van der Waals surface area contributed by atoms with Crippen LogP contribution < -0.4 is 11.1 Å². The van der Waals surface area contributed by atoms with Crippen LogP contribution in [0, 0.1) is 0 Å². The van der Waals surface area contributed by atoms with Gasteiger partial charge in [-0.25, -0.2) is 0 Å². The van der Waals surface area contributed by atoms with E-state index < -0.39 is 0 Å². The molecule has 4 heteroatoms. The lowest BCUT2D eigenvalue weighted by molar-refractivity contribution is 0.0946. The van der Waals surface area contributed by atoms with Gasteiger partial charge in [0.2, 0.25) is 0 Å². The van der Waals surface area contributed by atoms with Crippen molar-refractivity contribution in [1.82, 2.24) is 10.3 Å². The number of benzene rings is 1. The predicted octanol–water partition coefficient (Wildman–Crippen LogP) is 2.20. The van der Waals surface area contributed by atoms with Gasteiger partial charge in [-0.3, -0.25) is 9.78 Å². The molecule has 0 aliphatic carbocycles. The van der Waals surface area contributed by atoms with Gasteiger partial charge >= 0.3 is 0 Å². The lowest BCUT2D eigenvalue weighted by atomic mass is 10.0. The molecule has 0 bridgehead atoms. The fourth-order valence-electron chi connectivity index (χ4n) is 1.81. The summed E-state index contributed by atoms with van der Waals surface area (Å²) in [6.07, 6.45) is 1.53. The summed E-state index contributed by atoms with van der Waals surface area (Å²) in [6, 6.07) is 13.3. The number of anilines is 1. The van der Waals surface area contributed by atoms with Crippen LogP contribution in [0.15, 0.2) is 48.7 Å². The zero-order valence-corrected chi connectivity index (χ0v) is 10.8. The first kappa shape index (κ1) is 13.1. The standard InChI is InChI=1S/C15H17N3O/c1-11(12-5-3-2-4-6-12)10-18-15(19)14-9-13(16)7-8-17-14/h2-9,11H,10H2,1H3,(H2,16,17)(H,18,19). The molecule has 0 aliphatic rings. The summed E-state index contributed by atoms with van der Waals surface area (Å²) in [4.78, 5) is 15.9. The number of nitrogen functional groups attached to an aromatic ring is 1. The first-order valence-corrected chi connectivity index (χ1v) is 6.21. The van der Waals surface area contributed by atoms with Gasteiger partial charge in [0.05, 0.1) is 0 Å². The second-order valence-corrected chi connectivity index (χ2v) is 4.50. The number of nitrogens with one attached hydrogen (secondary N) is 1. The van der Waals surface area contributed by atoms with Crippen LogP contribution in [0.3, 0.4) is 0 Å². The predicted molar refractivity (Wildman–Crippen MR) is 75.8 cm³/mol. The first-order valence-electron chi connectivity index (χ1n) is 6.21. The number of pyridine rings is 1. The topological polar surface area (TPSA) is 68.0 Å². The molecule has 1 aromatic carbocycles. The van der Waals surface area contributed by atoms with Crippen LogP contribution in [0.5, 0.6) is 0 Å². The van der Waals surface area contributed by atoms with E-state index in [0.29, 0.717) is 17.9 Å². The number of hydrogen-bond acceptors (Lipinski definition) is 3. The quantitative estimate of drug-likeness (QED) is 0.880. The van der Waals surface area contributed by atoms with E-state index in [1.807, 2.05) is 18.2 Å². The van der Waals surface area contributed by atoms with Crippen molar-refractivity contribution in [2.75, 3.05) is 12.3 Å². The minimum absolute atomic E-state index is 0.199. The number of nitrogens with zero attached hydrogens (tertiary/aromatic N) is 1. The minimum atomic E-state index is -0.199. The molecule has 4 nitrogen and oxygen atoms in total. The van der Waals surface area contributed by atoms with E-state index in [9.17, 15) is 4.79 Å². The highest BCUT2D eigenvalue weighted by atomic mass is 16.1. The van der Waals surface area contributed by atoms with Gasteiger partial charge in [0.1, 0.15) is 5.69 Å². The molecule has 1 atom stereocenters.